The Labute approximate surface area is 134 Å². The smallest absolute Gasteiger partial charge is 0.261 e. The Hall–Kier alpha value is -1.35. The summed E-state index contributed by atoms with van der Waals surface area (Å²) in [5.41, 5.74) is -0.893. The van der Waals surface area contributed by atoms with Gasteiger partial charge in [0.15, 0.2) is 0 Å². The molecular weight excluding hydrogens is 330 g/mol. The van der Waals surface area contributed by atoms with Gasteiger partial charge in [0.05, 0.1) is 6.33 Å². The maximum Gasteiger partial charge on any atom is 0.261 e. The Balaban J connectivity index is 2.21. The molecule has 0 aliphatic rings. The van der Waals surface area contributed by atoms with Gasteiger partial charge in [0.25, 0.3) is 10.0 Å². The molecule has 0 spiro atoms. The standard InChI is InChI=1S/C13H18ClN3O4S/c1-8-5-10(9(2)21-8)13(3,18)6-16-22(19,20)12-11(14)17(4)7-15-12/h5,7,16,18H,6H2,1-4H3. The molecule has 0 saturated heterocycles. The fourth-order valence-electron chi connectivity index (χ4n) is 2.14. The van der Waals surface area contributed by atoms with Crippen LogP contribution < -0.4 is 4.72 Å². The molecule has 22 heavy (non-hydrogen) atoms. The van der Waals surface area contributed by atoms with Crippen molar-refractivity contribution in [1.29, 1.82) is 0 Å². The highest BCUT2D eigenvalue weighted by Crippen LogP contribution is 2.27. The fourth-order valence-corrected chi connectivity index (χ4v) is 3.70. The van der Waals surface area contributed by atoms with E-state index in [0.29, 0.717) is 17.1 Å². The van der Waals surface area contributed by atoms with Crippen molar-refractivity contribution in [3.05, 3.63) is 34.6 Å². The fraction of sp³-hybridized carbons (Fsp3) is 0.462. The van der Waals surface area contributed by atoms with Gasteiger partial charge >= 0.3 is 0 Å². The van der Waals surface area contributed by atoms with E-state index in [-0.39, 0.29) is 16.7 Å². The van der Waals surface area contributed by atoms with Crippen LogP contribution in [-0.2, 0) is 22.7 Å². The van der Waals surface area contributed by atoms with Crippen molar-refractivity contribution in [3.63, 3.8) is 0 Å². The van der Waals surface area contributed by atoms with Crippen LogP contribution in [0, 0.1) is 13.8 Å². The monoisotopic (exact) mass is 347 g/mol. The SMILES string of the molecule is Cc1cc(C(C)(O)CNS(=O)(=O)c2ncn(C)c2Cl)c(C)o1. The summed E-state index contributed by atoms with van der Waals surface area (Å²) in [4.78, 5) is 3.76. The van der Waals surface area contributed by atoms with Crippen molar-refractivity contribution in [3.8, 4) is 0 Å². The minimum Gasteiger partial charge on any atom is -0.466 e. The van der Waals surface area contributed by atoms with Gasteiger partial charge in [-0.05, 0) is 26.8 Å². The zero-order valence-electron chi connectivity index (χ0n) is 12.7. The average molecular weight is 348 g/mol. The molecule has 0 aliphatic carbocycles. The summed E-state index contributed by atoms with van der Waals surface area (Å²) in [6.07, 6.45) is 1.30. The summed E-state index contributed by atoms with van der Waals surface area (Å²) in [7, 11) is -2.34. The number of furan rings is 1. The number of sulfonamides is 1. The van der Waals surface area contributed by atoms with Gasteiger partial charge in [-0.3, -0.25) is 0 Å². The minimum atomic E-state index is -3.92. The Kier molecular flexibility index (Phi) is 4.40. The molecule has 2 N–H and O–H groups in total. The van der Waals surface area contributed by atoms with E-state index in [1.807, 2.05) is 0 Å². The maximum atomic E-state index is 12.2. The summed E-state index contributed by atoms with van der Waals surface area (Å²) < 4.78 is 33.5. The van der Waals surface area contributed by atoms with Crippen LogP contribution in [0.1, 0.15) is 24.0 Å². The van der Waals surface area contributed by atoms with Crippen molar-refractivity contribution in [2.24, 2.45) is 7.05 Å². The molecule has 0 saturated carbocycles. The second kappa shape index (κ2) is 5.69. The van der Waals surface area contributed by atoms with Crippen molar-refractivity contribution in [2.45, 2.75) is 31.4 Å². The molecule has 0 aromatic carbocycles. The average Bonchev–Trinajstić information content (AvgIpc) is 2.92. The van der Waals surface area contributed by atoms with Gasteiger partial charge in [0, 0.05) is 19.2 Å². The Bertz CT molecular complexity index is 792. The highest BCUT2D eigenvalue weighted by molar-refractivity contribution is 7.89. The predicted octanol–water partition coefficient (Wildman–Crippen LogP) is 1.47. The quantitative estimate of drug-likeness (QED) is 0.853. The summed E-state index contributed by atoms with van der Waals surface area (Å²) in [5.74, 6) is 1.18. The van der Waals surface area contributed by atoms with Gasteiger partial charge in [-0.25, -0.2) is 18.1 Å². The van der Waals surface area contributed by atoms with Crippen LogP contribution in [-0.4, -0.2) is 29.6 Å². The van der Waals surface area contributed by atoms with E-state index in [9.17, 15) is 13.5 Å². The van der Waals surface area contributed by atoms with E-state index in [1.165, 1.54) is 17.8 Å². The molecule has 0 fully saturated rings. The lowest BCUT2D eigenvalue weighted by Gasteiger charge is -2.23. The molecule has 1 unspecified atom stereocenters. The van der Waals surface area contributed by atoms with Gasteiger partial charge in [-0.1, -0.05) is 11.6 Å². The summed E-state index contributed by atoms with van der Waals surface area (Å²) in [6, 6.07) is 1.68. The number of aryl methyl sites for hydroxylation is 3. The molecule has 7 nitrogen and oxygen atoms in total. The van der Waals surface area contributed by atoms with Crippen molar-refractivity contribution in [1.82, 2.24) is 14.3 Å². The molecule has 0 aliphatic heterocycles. The highest BCUT2D eigenvalue weighted by atomic mass is 35.5. The third-order valence-corrected chi connectivity index (χ3v) is 5.21. The third kappa shape index (κ3) is 3.19. The van der Waals surface area contributed by atoms with Crippen LogP contribution in [0.15, 0.2) is 21.8 Å². The Morgan fingerprint density at radius 3 is 2.59 bits per heavy atom. The van der Waals surface area contributed by atoms with Crippen LogP contribution in [0.25, 0.3) is 0 Å². The van der Waals surface area contributed by atoms with Crippen LogP contribution in [0.2, 0.25) is 5.15 Å². The molecule has 2 heterocycles. The largest absolute Gasteiger partial charge is 0.466 e. The molecule has 9 heteroatoms. The lowest BCUT2D eigenvalue weighted by molar-refractivity contribution is 0.0612. The molecule has 122 valence electrons. The van der Waals surface area contributed by atoms with E-state index in [0.717, 1.165) is 0 Å². The molecule has 0 radical (unpaired) electrons. The summed E-state index contributed by atoms with van der Waals surface area (Å²) in [5, 5.41) is 10.3. The molecule has 2 aromatic heterocycles. The number of imidazole rings is 1. The molecule has 2 aromatic rings. The van der Waals surface area contributed by atoms with Gasteiger partial charge in [0.1, 0.15) is 22.3 Å². The first-order valence-corrected chi connectivity index (χ1v) is 8.37. The molecule has 0 amide bonds. The lowest BCUT2D eigenvalue weighted by Crippen LogP contribution is -2.39. The van der Waals surface area contributed by atoms with Crippen molar-refractivity contribution < 1.29 is 17.9 Å². The summed E-state index contributed by atoms with van der Waals surface area (Å²) >= 11 is 5.89. The predicted molar refractivity (Wildman–Crippen MR) is 81.2 cm³/mol. The van der Waals surface area contributed by atoms with E-state index in [1.54, 1.807) is 27.0 Å². The first-order valence-electron chi connectivity index (χ1n) is 6.51. The lowest BCUT2D eigenvalue weighted by atomic mass is 9.97. The second-order valence-corrected chi connectivity index (χ2v) is 7.42. The van der Waals surface area contributed by atoms with E-state index >= 15 is 0 Å². The second-order valence-electron chi connectivity index (χ2n) is 5.38. The highest BCUT2D eigenvalue weighted by Gasteiger charge is 2.31. The zero-order chi connectivity index (χ0) is 16.7. The molecule has 2 rings (SSSR count). The first-order chi connectivity index (χ1) is 10.0. The minimum absolute atomic E-state index is 0.00230. The number of nitrogens with one attached hydrogen (secondary N) is 1. The van der Waals surface area contributed by atoms with Crippen LogP contribution in [0.4, 0.5) is 0 Å². The first kappa shape index (κ1) is 17.0. The topological polar surface area (TPSA) is 97.4 Å². The van der Waals surface area contributed by atoms with Gasteiger partial charge in [0.2, 0.25) is 5.03 Å². The maximum absolute atomic E-state index is 12.2. The number of hydrogen-bond acceptors (Lipinski definition) is 5. The molecule has 1 atom stereocenters. The third-order valence-electron chi connectivity index (χ3n) is 3.32. The molecular formula is C13H18ClN3O4S. The van der Waals surface area contributed by atoms with E-state index in [2.05, 4.69) is 9.71 Å². The van der Waals surface area contributed by atoms with Gasteiger partial charge in [-0.15, -0.1) is 0 Å². The van der Waals surface area contributed by atoms with Crippen molar-refractivity contribution in [2.75, 3.05) is 6.54 Å². The normalized spacial score (nSPS) is 15.0. The van der Waals surface area contributed by atoms with Gasteiger partial charge < -0.3 is 14.1 Å². The Morgan fingerprint density at radius 2 is 2.14 bits per heavy atom. The van der Waals surface area contributed by atoms with Crippen LogP contribution >= 0.6 is 11.6 Å². The van der Waals surface area contributed by atoms with E-state index in [4.69, 9.17) is 16.0 Å². The Morgan fingerprint density at radius 1 is 1.50 bits per heavy atom. The summed E-state index contributed by atoms with van der Waals surface area (Å²) in [6.45, 7) is 4.74. The van der Waals surface area contributed by atoms with E-state index < -0.39 is 15.6 Å². The van der Waals surface area contributed by atoms with Crippen LogP contribution in [0.5, 0.6) is 0 Å². The number of aromatic nitrogens is 2. The van der Waals surface area contributed by atoms with Crippen LogP contribution in [0.3, 0.4) is 0 Å². The van der Waals surface area contributed by atoms with Crippen molar-refractivity contribution >= 4 is 21.6 Å². The number of aliphatic hydroxyl groups is 1. The number of rotatable bonds is 5. The molecule has 0 bridgehead atoms. The number of nitrogens with zero attached hydrogens (tertiary/aromatic N) is 2. The van der Waals surface area contributed by atoms with Gasteiger partial charge in [-0.2, -0.15) is 0 Å². The number of hydrogen-bond donors (Lipinski definition) is 2. The number of halogens is 1. The zero-order valence-corrected chi connectivity index (χ0v) is 14.3.